The first-order chi connectivity index (χ1) is 8.70. The first-order valence-corrected chi connectivity index (χ1v) is 7.47. The van der Waals surface area contributed by atoms with Gasteiger partial charge in [0.1, 0.15) is 5.76 Å². The zero-order chi connectivity index (χ0) is 13.0. The smallest absolute Gasteiger partial charge is 0.120 e. The van der Waals surface area contributed by atoms with Crippen LogP contribution in [0.15, 0.2) is 22.8 Å². The molecule has 0 amide bonds. The monoisotopic (exact) mass is 249 g/mol. The van der Waals surface area contributed by atoms with Gasteiger partial charge in [0.2, 0.25) is 0 Å². The molecule has 1 N–H and O–H groups in total. The van der Waals surface area contributed by atoms with Crippen molar-refractivity contribution in [1.29, 1.82) is 0 Å². The van der Waals surface area contributed by atoms with Gasteiger partial charge in [-0.1, -0.05) is 20.8 Å². The summed E-state index contributed by atoms with van der Waals surface area (Å²) in [6.07, 6.45) is 7.01. The van der Waals surface area contributed by atoms with E-state index in [9.17, 15) is 0 Å². The third-order valence-electron chi connectivity index (χ3n) is 4.15. The number of hydrogen-bond donors (Lipinski definition) is 1. The summed E-state index contributed by atoms with van der Waals surface area (Å²) < 4.78 is 5.65. The van der Waals surface area contributed by atoms with E-state index in [2.05, 4.69) is 32.2 Å². The van der Waals surface area contributed by atoms with Crippen LogP contribution in [-0.4, -0.2) is 6.54 Å². The minimum atomic E-state index is 0.408. The molecule has 1 saturated carbocycles. The zero-order valence-electron chi connectivity index (χ0n) is 12.0. The van der Waals surface area contributed by atoms with Gasteiger partial charge < -0.3 is 9.73 Å². The van der Waals surface area contributed by atoms with Gasteiger partial charge in [0, 0.05) is 0 Å². The second-order valence-electron chi connectivity index (χ2n) is 6.12. The molecule has 2 heteroatoms. The highest BCUT2D eigenvalue weighted by molar-refractivity contribution is 5.07. The first kappa shape index (κ1) is 13.7. The Kier molecular flexibility index (Phi) is 4.87. The predicted octanol–water partition coefficient (Wildman–Crippen LogP) is 4.39. The van der Waals surface area contributed by atoms with Crippen molar-refractivity contribution in [3.05, 3.63) is 24.2 Å². The fourth-order valence-corrected chi connectivity index (χ4v) is 3.55. The van der Waals surface area contributed by atoms with Gasteiger partial charge in [-0.15, -0.1) is 0 Å². The van der Waals surface area contributed by atoms with E-state index in [-0.39, 0.29) is 0 Å². The molecule has 1 aromatic heterocycles. The van der Waals surface area contributed by atoms with Crippen LogP contribution in [0.2, 0.25) is 0 Å². The number of furan rings is 1. The quantitative estimate of drug-likeness (QED) is 0.837. The minimum Gasteiger partial charge on any atom is -0.468 e. The van der Waals surface area contributed by atoms with Crippen molar-refractivity contribution in [2.24, 2.45) is 17.8 Å². The molecule has 0 bridgehead atoms. The third-order valence-corrected chi connectivity index (χ3v) is 4.15. The summed E-state index contributed by atoms with van der Waals surface area (Å²) in [5.74, 6) is 3.54. The highest BCUT2D eigenvalue weighted by Gasteiger charge is 2.31. The number of nitrogens with one attached hydrogen (secondary N) is 1. The van der Waals surface area contributed by atoms with E-state index in [1.807, 2.05) is 6.07 Å². The van der Waals surface area contributed by atoms with Gasteiger partial charge in [-0.05, 0) is 62.1 Å². The Labute approximate surface area is 111 Å². The summed E-state index contributed by atoms with van der Waals surface area (Å²) in [4.78, 5) is 0. The van der Waals surface area contributed by atoms with Gasteiger partial charge >= 0.3 is 0 Å². The molecular formula is C16H27NO. The predicted molar refractivity (Wildman–Crippen MR) is 75.4 cm³/mol. The molecule has 18 heavy (non-hydrogen) atoms. The van der Waals surface area contributed by atoms with Crippen LogP contribution in [-0.2, 0) is 0 Å². The molecule has 0 saturated heterocycles. The lowest BCUT2D eigenvalue weighted by molar-refractivity contribution is 0.164. The molecule has 1 heterocycles. The standard InChI is InChI=1S/C16H27NO/c1-4-7-17-16(15-6-5-8-18-15)14-10-12(2)9-13(3)11-14/h5-6,8,12-14,16-17H,4,7,9-11H2,1-3H3. The number of rotatable bonds is 5. The van der Waals surface area contributed by atoms with Gasteiger partial charge in [0.05, 0.1) is 12.3 Å². The molecule has 2 rings (SSSR count). The van der Waals surface area contributed by atoms with Crippen molar-refractivity contribution in [3.63, 3.8) is 0 Å². The van der Waals surface area contributed by atoms with Crippen LogP contribution in [0.25, 0.3) is 0 Å². The van der Waals surface area contributed by atoms with E-state index >= 15 is 0 Å². The molecule has 1 aliphatic carbocycles. The Bertz CT molecular complexity index is 323. The summed E-state index contributed by atoms with van der Waals surface area (Å²) in [6.45, 7) is 8.08. The van der Waals surface area contributed by atoms with Gasteiger partial charge in [-0.2, -0.15) is 0 Å². The van der Waals surface area contributed by atoms with E-state index in [4.69, 9.17) is 4.42 Å². The SMILES string of the molecule is CCCNC(c1ccco1)C1CC(C)CC(C)C1. The van der Waals surface area contributed by atoms with Crippen molar-refractivity contribution in [2.45, 2.75) is 52.5 Å². The van der Waals surface area contributed by atoms with Crippen molar-refractivity contribution in [3.8, 4) is 0 Å². The van der Waals surface area contributed by atoms with Gasteiger partial charge in [0.25, 0.3) is 0 Å². The normalized spacial score (nSPS) is 30.3. The lowest BCUT2D eigenvalue weighted by Gasteiger charge is -2.36. The van der Waals surface area contributed by atoms with Crippen molar-refractivity contribution >= 4 is 0 Å². The second-order valence-corrected chi connectivity index (χ2v) is 6.12. The van der Waals surface area contributed by atoms with Crippen molar-refractivity contribution in [1.82, 2.24) is 5.32 Å². The minimum absolute atomic E-state index is 0.408. The van der Waals surface area contributed by atoms with Crippen LogP contribution < -0.4 is 5.32 Å². The molecule has 3 atom stereocenters. The van der Waals surface area contributed by atoms with Crippen LogP contribution in [0.4, 0.5) is 0 Å². The highest BCUT2D eigenvalue weighted by atomic mass is 16.3. The molecular weight excluding hydrogens is 222 g/mol. The van der Waals surface area contributed by atoms with E-state index in [1.54, 1.807) is 6.26 Å². The average Bonchev–Trinajstić information content (AvgIpc) is 2.82. The summed E-state index contributed by atoms with van der Waals surface area (Å²) in [5, 5.41) is 3.69. The van der Waals surface area contributed by atoms with E-state index in [1.165, 1.54) is 25.7 Å². The maximum absolute atomic E-state index is 5.65. The molecule has 1 aromatic rings. The molecule has 1 fully saturated rings. The molecule has 0 radical (unpaired) electrons. The average molecular weight is 249 g/mol. The maximum atomic E-state index is 5.65. The van der Waals surface area contributed by atoms with Gasteiger partial charge in [0.15, 0.2) is 0 Å². The summed E-state index contributed by atoms with van der Waals surface area (Å²) in [6, 6.07) is 4.54. The van der Waals surface area contributed by atoms with Crippen LogP contribution >= 0.6 is 0 Å². The third kappa shape index (κ3) is 3.38. The Balaban J connectivity index is 2.07. The van der Waals surface area contributed by atoms with Crippen molar-refractivity contribution in [2.75, 3.05) is 6.54 Å². The van der Waals surface area contributed by atoms with Crippen LogP contribution in [0.1, 0.15) is 58.3 Å². The van der Waals surface area contributed by atoms with Crippen LogP contribution in [0, 0.1) is 17.8 Å². The van der Waals surface area contributed by atoms with E-state index in [0.717, 1.165) is 30.1 Å². The summed E-state index contributed by atoms with van der Waals surface area (Å²) in [7, 11) is 0. The number of hydrogen-bond acceptors (Lipinski definition) is 2. The largest absolute Gasteiger partial charge is 0.468 e. The topological polar surface area (TPSA) is 25.2 Å². The Morgan fingerprint density at radius 2 is 2.00 bits per heavy atom. The Morgan fingerprint density at radius 1 is 1.28 bits per heavy atom. The molecule has 2 nitrogen and oxygen atoms in total. The van der Waals surface area contributed by atoms with Gasteiger partial charge in [-0.25, -0.2) is 0 Å². The van der Waals surface area contributed by atoms with Gasteiger partial charge in [-0.3, -0.25) is 0 Å². The molecule has 0 aliphatic heterocycles. The first-order valence-electron chi connectivity index (χ1n) is 7.47. The van der Waals surface area contributed by atoms with E-state index < -0.39 is 0 Å². The second kappa shape index (κ2) is 6.42. The maximum Gasteiger partial charge on any atom is 0.120 e. The Morgan fingerprint density at radius 3 is 2.56 bits per heavy atom. The van der Waals surface area contributed by atoms with Crippen molar-refractivity contribution < 1.29 is 4.42 Å². The molecule has 0 spiro atoms. The molecule has 102 valence electrons. The fourth-order valence-electron chi connectivity index (χ4n) is 3.55. The Hall–Kier alpha value is -0.760. The van der Waals surface area contributed by atoms with E-state index in [0.29, 0.717) is 6.04 Å². The summed E-state index contributed by atoms with van der Waals surface area (Å²) in [5.41, 5.74) is 0. The zero-order valence-corrected chi connectivity index (χ0v) is 12.0. The molecule has 0 aromatic carbocycles. The molecule has 1 aliphatic rings. The summed E-state index contributed by atoms with van der Waals surface area (Å²) >= 11 is 0. The highest BCUT2D eigenvalue weighted by Crippen LogP contribution is 2.39. The van der Waals surface area contributed by atoms with Crippen LogP contribution in [0.3, 0.4) is 0 Å². The lowest BCUT2D eigenvalue weighted by atomic mass is 9.73. The van der Waals surface area contributed by atoms with Crippen LogP contribution in [0.5, 0.6) is 0 Å². The molecule has 3 unspecified atom stereocenters. The lowest BCUT2D eigenvalue weighted by Crippen LogP contribution is -2.33. The fraction of sp³-hybridized carbons (Fsp3) is 0.750.